The molecule has 156 valence electrons. The lowest BCUT2D eigenvalue weighted by molar-refractivity contribution is 0.0929. The number of nitrogens with zero attached hydrogens (tertiary/aromatic N) is 2. The van der Waals surface area contributed by atoms with Crippen molar-refractivity contribution in [1.29, 1.82) is 0 Å². The molecular weight excluding hydrogens is 446 g/mol. The average Bonchev–Trinajstić information content (AvgIpc) is 3.47. The van der Waals surface area contributed by atoms with Gasteiger partial charge in [0.2, 0.25) is 0 Å². The number of methoxy groups -OCH3 is 1. The molecule has 3 aromatic rings. The SMILES string of the molecule is COc1ccc([C@@H](CNC(=O)c2cc(-c3ccc(Br)cc3)on2)N2CCCC2)cc1. The Morgan fingerprint density at radius 2 is 1.87 bits per heavy atom. The number of ether oxygens (including phenoxy) is 1. The lowest BCUT2D eigenvalue weighted by Gasteiger charge is -2.28. The van der Waals surface area contributed by atoms with Crippen LogP contribution in [0.25, 0.3) is 11.3 Å². The molecule has 7 heteroatoms. The highest BCUT2D eigenvalue weighted by Crippen LogP contribution is 2.27. The summed E-state index contributed by atoms with van der Waals surface area (Å²) in [5, 5.41) is 6.99. The molecule has 0 radical (unpaired) electrons. The number of nitrogens with one attached hydrogen (secondary N) is 1. The van der Waals surface area contributed by atoms with Gasteiger partial charge in [-0.05, 0) is 55.8 Å². The fraction of sp³-hybridized carbons (Fsp3) is 0.304. The van der Waals surface area contributed by atoms with Crippen molar-refractivity contribution in [3.8, 4) is 17.1 Å². The highest BCUT2D eigenvalue weighted by atomic mass is 79.9. The topological polar surface area (TPSA) is 67.6 Å². The predicted molar refractivity (Wildman–Crippen MR) is 119 cm³/mol. The van der Waals surface area contributed by atoms with Gasteiger partial charge < -0.3 is 14.6 Å². The van der Waals surface area contributed by atoms with Crippen molar-refractivity contribution >= 4 is 21.8 Å². The summed E-state index contributed by atoms with van der Waals surface area (Å²) in [7, 11) is 1.66. The van der Waals surface area contributed by atoms with Gasteiger partial charge in [0.15, 0.2) is 11.5 Å². The van der Waals surface area contributed by atoms with Crippen LogP contribution in [0, 0.1) is 0 Å². The van der Waals surface area contributed by atoms with Crippen LogP contribution in [0.4, 0.5) is 0 Å². The number of rotatable bonds is 7. The lowest BCUT2D eigenvalue weighted by Crippen LogP contribution is -2.36. The summed E-state index contributed by atoms with van der Waals surface area (Å²) >= 11 is 3.41. The van der Waals surface area contributed by atoms with Crippen LogP contribution in [-0.2, 0) is 0 Å². The van der Waals surface area contributed by atoms with Crippen LogP contribution in [0.5, 0.6) is 5.75 Å². The molecule has 1 atom stereocenters. The minimum atomic E-state index is -0.236. The summed E-state index contributed by atoms with van der Waals surface area (Å²) in [5.41, 5.74) is 2.31. The van der Waals surface area contributed by atoms with Crippen molar-refractivity contribution in [3.63, 3.8) is 0 Å². The Kier molecular flexibility index (Phi) is 6.50. The number of hydrogen-bond donors (Lipinski definition) is 1. The number of halogens is 1. The minimum absolute atomic E-state index is 0.111. The van der Waals surface area contributed by atoms with E-state index in [1.54, 1.807) is 13.2 Å². The summed E-state index contributed by atoms with van der Waals surface area (Å²) in [6.07, 6.45) is 2.36. The molecule has 2 aromatic carbocycles. The van der Waals surface area contributed by atoms with E-state index in [0.29, 0.717) is 12.3 Å². The number of likely N-dealkylation sites (tertiary alicyclic amines) is 1. The van der Waals surface area contributed by atoms with E-state index < -0.39 is 0 Å². The minimum Gasteiger partial charge on any atom is -0.497 e. The van der Waals surface area contributed by atoms with Crippen molar-refractivity contribution in [2.75, 3.05) is 26.7 Å². The zero-order valence-corrected chi connectivity index (χ0v) is 18.4. The summed E-state index contributed by atoms with van der Waals surface area (Å²) < 4.78 is 11.6. The van der Waals surface area contributed by atoms with Crippen LogP contribution >= 0.6 is 15.9 Å². The number of benzene rings is 2. The molecule has 6 nitrogen and oxygen atoms in total. The first kappa shape index (κ1) is 20.6. The van der Waals surface area contributed by atoms with Gasteiger partial charge in [0.05, 0.1) is 13.2 Å². The van der Waals surface area contributed by atoms with Crippen molar-refractivity contribution in [1.82, 2.24) is 15.4 Å². The summed E-state index contributed by atoms with van der Waals surface area (Å²) in [6.45, 7) is 2.57. The molecule has 1 amide bonds. The fourth-order valence-corrected chi connectivity index (χ4v) is 4.01. The molecule has 1 aliphatic heterocycles. The maximum atomic E-state index is 12.7. The molecule has 4 rings (SSSR count). The van der Waals surface area contributed by atoms with Crippen LogP contribution < -0.4 is 10.1 Å². The van der Waals surface area contributed by atoms with E-state index in [0.717, 1.165) is 34.4 Å². The third-order valence-electron chi connectivity index (χ3n) is 5.41. The first-order valence-corrected chi connectivity index (χ1v) is 10.8. The first-order valence-electron chi connectivity index (χ1n) is 10.0. The second-order valence-electron chi connectivity index (χ2n) is 7.33. The van der Waals surface area contributed by atoms with E-state index in [-0.39, 0.29) is 17.6 Å². The molecule has 0 bridgehead atoms. The van der Waals surface area contributed by atoms with Gasteiger partial charge in [-0.3, -0.25) is 9.69 Å². The first-order chi connectivity index (χ1) is 14.6. The Balaban J connectivity index is 1.45. The van der Waals surface area contributed by atoms with Gasteiger partial charge >= 0.3 is 0 Å². The van der Waals surface area contributed by atoms with E-state index in [9.17, 15) is 4.79 Å². The molecule has 1 N–H and O–H groups in total. The van der Waals surface area contributed by atoms with Crippen molar-refractivity contribution in [3.05, 3.63) is 70.3 Å². The van der Waals surface area contributed by atoms with E-state index in [4.69, 9.17) is 9.26 Å². The Bertz CT molecular complexity index is 980. The monoisotopic (exact) mass is 469 g/mol. The third kappa shape index (κ3) is 4.74. The van der Waals surface area contributed by atoms with Crippen molar-refractivity contribution < 1.29 is 14.1 Å². The molecule has 1 aromatic heterocycles. The van der Waals surface area contributed by atoms with Crippen LogP contribution in [-0.4, -0.2) is 42.7 Å². The van der Waals surface area contributed by atoms with E-state index in [1.807, 2.05) is 36.4 Å². The van der Waals surface area contributed by atoms with Gasteiger partial charge in [0.25, 0.3) is 5.91 Å². The largest absolute Gasteiger partial charge is 0.497 e. The zero-order valence-electron chi connectivity index (χ0n) is 16.8. The quantitative estimate of drug-likeness (QED) is 0.543. The molecule has 0 saturated carbocycles. The molecule has 1 saturated heterocycles. The van der Waals surface area contributed by atoms with Gasteiger partial charge in [0, 0.05) is 22.6 Å². The van der Waals surface area contributed by atoms with Gasteiger partial charge in [-0.15, -0.1) is 0 Å². The van der Waals surface area contributed by atoms with Crippen molar-refractivity contribution in [2.45, 2.75) is 18.9 Å². The third-order valence-corrected chi connectivity index (χ3v) is 5.94. The van der Waals surface area contributed by atoms with Gasteiger partial charge in [-0.25, -0.2) is 0 Å². The second-order valence-corrected chi connectivity index (χ2v) is 8.24. The average molecular weight is 470 g/mol. The molecule has 2 heterocycles. The summed E-state index contributed by atoms with van der Waals surface area (Å²) in [4.78, 5) is 15.1. The van der Waals surface area contributed by atoms with Crippen LogP contribution in [0.2, 0.25) is 0 Å². The molecule has 30 heavy (non-hydrogen) atoms. The predicted octanol–water partition coefficient (Wildman–Crippen LogP) is 4.68. The Morgan fingerprint density at radius 3 is 2.53 bits per heavy atom. The Labute approximate surface area is 184 Å². The van der Waals surface area contributed by atoms with Crippen molar-refractivity contribution in [2.24, 2.45) is 0 Å². The van der Waals surface area contributed by atoms with E-state index >= 15 is 0 Å². The zero-order chi connectivity index (χ0) is 20.9. The number of hydrogen-bond acceptors (Lipinski definition) is 5. The fourth-order valence-electron chi connectivity index (χ4n) is 3.75. The highest BCUT2D eigenvalue weighted by molar-refractivity contribution is 9.10. The molecule has 0 spiro atoms. The van der Waals surface area contributed by atoms with E-state index in [1.165, 1.54) is 12.8 Å². The number of amides is 1. The standard InChI is InChI=1S/C23H24BrN3O3/c1-29-19-10-6-16(7-11-19)21(27-12-2-3-13-27)15-25-23(28)20-14-22(30-26-20)17-4-8-18(24)9-5-17/h4-11,14,21H,2-3,12-13,15H2,1H3,(H,25,28)/t21-/m1/s1. The van der Waals surface area contributed by atoms with Gasteiger partial charge in [-0.2, -0.15) is 0 Å². The Morgan fingerprint density at radius 1 is 1.17 bits per heavy atom. The van der Waals surface area contributed by atoms with Gasteiger partial charge in [-0.1, -0.05) is 45.4 Å². The van der Waals surface area contributed by atoms with Gasteiger partial charge in [0.1, 0.15) is 5.75 Å². The maximum absolute atomic E-state index is 12.7. The number of carbonyl (C=O) groups is 1. The maximum Gasteiger partial charge on any atom is 0.273 e. The smallest absolute Gasteiger partial charge is 0.273 e. The second kappa shape index (κ2) is 9.45. The Hall–Kier alpha value is -2.64. The van der Waals surface area contributed by atoms with E-state index in [2.05, 4.69) is 43.4 Å². The molecule has 1 aliphatic rings. The van der Waals surface area contributed by atoms with Crippen LogP contribution in [0.3, 0.4) is 0 Å². The van der Waals surface area contributed by atoms with Crippen LogP contribution in [0.15, 0.2) is 63.6 Å². The lowest BCUT2D eigenvalue weighted by atomic mass is 10.1. The molecule has 1 fully saturated rings. The normalized spacial score (nSPS) is 15.1. The summed E-state index contributed by atoms with van der Waals surface area (Å²) in [5.74, 6) is 1.16. The molecule has 0 aliphatic carbocycles. The molecular formula is C23H24BrN3O3. The number of carbonyl (C=O) groups excluding carboxylic acids is 1. The van der Waals surface area contributed by atoms with Crippen LogP contribution in [0.1, 0.15) is 34.9 Å². The number of aromatic nitrogens is 1. The molecule has 0 unspecified atom stereocenters. The summed E-state index contributed by atoms with van der Waals surface area (Å²) in [6, 6.07) is 17.5. The highest BCUT2D eigenvalue weighted by Gasteiger charge is 2.25.